The second kappa shape index (κ2) is 9.85. The molecular weight excluding hydrogens is 456 g/mol. The monoisotopic (exact) mass is 486 g/mol. The van der Waals surface area contributed by atoms with Crippen LogP contribution in [0, 0.1) is 0 Å². The minimum atomic E-state index is -0.289. The van der Waals surface area contributed by atoms with E-state index in [0.29, 0.717) is 36.0 Å². The highest BCUT2D eigenvalue weighted by Crippen LogP contribution is 2.42. The molecule has 2 heterocycles. The lowest BCUT2D eigenvalue weighted by Gasteiger charge is -2.36. The van der Waals surface area contributed by atoms with Crippen LogP contribution in [0.4, 0.5) is 0 Å². The zero-order valence-electron chi connectivity index (χ0n) is 21.0. The molecule has 0 unspecified atom stereocenters. The van der Waals surface area contributed by atoms with Gasteiger partial charge in [0.25, 0.3) is 5.91 Å². The molecule has 36 heavy (non-hydrogen) atoms. The highest BCUT2D eigenvalue weighted by molar-refractivity contribution is 5.97. The van der Waals surface area contributed by atoms with E-state index in [2.05, 4.69) is 23.2 Å². The number of aromatic amines is 1. The van der Waals surface area contributed by atoms with Gasteiger partial charge < -0.3 is 28.8 Å². The third-order valence-electron chi connectivity index (χ3n) is 6.71. The number of aromatic nitrogens is 1. The van der Waals surface area contributed by atoms with Gasteiger partial charge in [-0.3, -0.25) is 4.79 Å². The van der Waals surface area contributed by atoms with Gasteiger partial charge in [-0.25, -0.2) is 0 Å². The molecule has 1 atom stereocenters. The molecule has 1 aromatic heterocycles. The molecule has 4 aromatic rings. The number of carbonyl (C=O) groups excluding carboxylic acids is 1. The summed E-state index contributed by atoms with van der Waals surface area (Å²) in [7, 11) is 4.64. The topological polar surface area (TPSA) is 73.0 Å². The van der Waals surface area contributed by atoms with Gasteiger partial charge in [0.2, 0.25) is 5.75 Å². The zero-order valence-corrected chi connectivity index (χ0v) is 21.0. The molecule has 1 amide bonds. The van der Waals surface area contributed by atoms with E-state index in [4.69, 9.17) is 18.9 Å². The molecule has 0 saturated heterocycles. The van der Waals surface area contributed by atoms with Crippen LogP contribution in [-0.4, -0.2) is 50.3 Å². The maximum Gasteiger partial charge on any atom is 0.254 e. The normalized spacial score (nSPS) is 14.9. The Labute approximate surface area is 210 Å². The van der Waals surface area contributed by atoms with Crippen LogP contribution in [0.25, 0.3) is 10.9 Å². The average molecular weight is 487 g/mol. The van der Waals surface area contributed by atoms with Crippen molar-refractivity contribution in [2.24, 2.45) is 0 Å². The Balaban J connectivity index is 1.62. The lowest BCUT2D eigenvalue weighted by Crippen LogP contribution is -2.40. The van der Waals surface area contributed by atoms with E-state index in [9.17, 15) is 4.79 Å². The Hall–Kier alpha value is -4.13. The number of ether oxygens (including phenoxy) is 4. The van der Waals surface area contributed by atoms with Gasteiger partial charge in [0.1, 0.15) is 5.75 Å². The van der Waals surface area contributed by atoms with Gasteiger partial charge in [-0.1, -0.05) is 30.3 Å². The second-order valence-corrected chi connectivity index (χ2v) is 8.63. The van der Waals surface area contributed by atoms with Crippen molar-refractivity contribution in [1.29, 1.82) is 0 Å². The Morgan fingerprint density at radius 2 is 1.67 bits per heavy atom. The first kappa shape index (κ1) is 23.6. The third-order valence-corrected chi connectivity index (χ3v) is 6.71. The predicted octanol–water partition coefficient (Wildman–Crippen LogP) is 5.38. The van der Waals surface area contributed by atoms with E-state index in [0.717, 1.165) is 28.9 Å². The minimum Gasteiger partial charge on any atom is -0.494 e. The number of fused-ring (bicyclic) bond motifs is 3. The quantitative estimate of drug-likeness (QED) is 0.380. The number of carbonyl (C=O) groups is 1. The van der Waals surface area contributed by atoms with Gasteiger partial charge in [0.15, 0.2) is 11.5 Å². The molecule has 0 fully saturated rings. The summed E-state index contributed by atoms with van der Waals surface area (Å²) in [5.74, 6) is 2.03. The lowest BCUT2D eigenvalue weighted by molar-refractivity contribution is 0.0691. The number of hydrogen-bond donors (Lipinski definition) is 1. The standard InChI is InChI=1S/C29H30N2O5/c1-5-36-20-12-10-18(11-13-20)27-26-22(21-8-6-7-9-23(21)30-26)14-15-31(27)29(32)19-16-24(33-2)28(35-4)25(17-19)34-3/h6-13,16-17,27,30H,5,14-15H2,1-4H3/t27-/m1/s1. The number of para-hydroxylation sites is 1. The zero-order chi connectivity index (χ0) is 25.2. The van der Waals surface area contributed by atoms with E-state index in [1.165, 1.54) is 10.9 Å². The Morgan fingerprint density at radius 3 is 2.31 bits per heavy atom. The molecule has 7 heteroatoms. The fraction of sp³-hybridized carbons (Fsp3) is 0.276. The fourth-order valence-corrected chi connectivity index (χ4v) is 5.09. The molecule has 1 aliphatic rings. The van der Waals surface area contributed by atoms with Crippen molar-refractivity contribution < 1.29 is 23.7 Å². The fourth-order valence-electron chi connectivity index (χ4n) is 5.09. The lowest BCUT2D eigenvalue weighted by atomic mass is 9.91. The van der Waals surface area contributed by atoms with E-state index in [-0.39, 0.29) is 11.9 Å². The smallest absolute Gasteiger partial charge is 0.254 e. The molecule has 5 rings (SSSR count). The summed E-state index contributed by atoms with van der Waals surface area (Å²) in [5.41, 5.74) is 4.83. The number of amides is 1. The molecule has 1 N–H and O–H groups in total. The number of benzene rings is 3. The molecule has 0 bridgehead atoms. The summed E-state index contributed by atoms with van der Waals surface area (Å²) >= 11 is 0. The van der Waals surface area contributed by atoms with Crippen LogP contribution >= 0.6 is 0 Å². The molecule has 3 aromatic carbocycles. The summed E-state index contributed by atoms with van der Waals surface area (Å²) in [5, 5.41) is 1.20. The Kier molecular flexibility index (Phi) is 6.46. The summed E-state index contributed by atoms with van der Waals surface area (Å²) in [6, 6.07) is 19.4. The number of rotatable bonds is 7. The molecule has 0 spiro atoms. The molecule has 1 aliphatic heterocycles. The Bertz CT molecular complexity index is 1370. The van der Waals surface area contributed by atoms with E-state index in [1.54, 1.807) is 33.5 Å². The molecule has 0 saturated carbocycles. The van der Waals surface area contributed by atoms with Crippen molar-refractivity contribution >= 4 is 16.8 Å². The molecule has 0 aliphatic carbocycles. The Morgan fingerprint density at radius 1 is 0.972 bits per heavy atom. The van der Waals surface area contributed by atoms with Crippen LogP contribution in [0.3, 0.4) is 0 Å². The number of methoxy groups -OCH3 is 3. The highest BCUT2D eigenvalue weighted by Gasteiger charge is 2.35. The number of H-pyrrole nitrogens is 1. The van der Waals surface area contributed by atoms with Gasteiger partial charge >= 0.3 is 0 Å². The van der Waals surface area contributed by atoms with E-state index >= 15 is 0 Å². The largest absolute Gasteiger partial charge is 0.494 e. The van der Waals surface area contributed by atoms with Gasteiger partial charge in [0, 0.05) is 28.7 Å². The number of hydrogen-bond acceptors (Lipinski definition) is 5. The summed E-state index contributed by atoms with van der Waals surface area (Å²) in [6.07, 6.45) is 0.753. The molecule has 0 radical (unpaired) electrons. The van der Waals surface area contributed by atoms with Crippen molar-refractivity contribution in [2.75, 3.05) is 34.5 Å². The van der Waals surface area contributed by atoms with Crippen LogP contribution < -0.4 is 18.9 Å². The van der Waals surface area contributed by atoms with Crippen molar-refractivity contribution in [3.05, 3.63) is 83.0 Å². The summed E-state index contributed by atoms with van der Waals surface area (Å²) < 4.78 is 22.1. The van der Waals surface area contributed by atoms with Crippen LogP contribution in [-0.2, 0) is 6.42 Å². The van der Waals surface area contributed by atoms with Crippen molar-refractivity contribution in [3.8, 4) is 23.0 Å². The number of nitrogens with one attached hydrogen (secondary N) is 1. The van der Waals surface area contributed by atoms with Crippen LogP contribution in [0.15, 0.2) is 60.7 Å². The number of nitrogens with zero attached hydrogens (tertiary/aromatic N) is 1. The van der Waals surface area contributed by atoms with Gasteiger partial charge in [-0.15, -0.1) is 0 Å². The van der Waals surface area contributed by atoms with Crippen molar-refractivity contribution in [2.45, 2.75) is 19.4 Å². The highest BCUT2D eigenvalue weighted by atomic mass is 16.5. The van der Waals surface area contributed by atoms with Crippen molar-refractivity contribution in [1.82, 2.24) is 9.88 Å². The first-order chi connectivity index (χ1) is 17.6. The van der Waals surface area contributed by atoms with Gasteiger partial charge in [0.05, 0.1) is 34.0 Å². The summed E-state index contributed by atoms with van der Waals surface area (Å²) in [6.45, 7) is 3.13. The first-order valence-corrected chi connectivity index (χ1v) is 12.0. The molecule has 186 valence electrons. The van der Waals surface area contributed by atoms with Gasteiger partial charge in [-0.2, -0.15) is 0 Å². The van der Waals surface area contributed by atoms with Crippen LogP contribution in [0.5, 0.6) is 23.0 Å². The van der Waals surface area contributed by atoms with Gasteiger partial charge in [-0.05, 0) is 54.8 Å². The van der Waals surface area contributed by atoms with Crippen LogP contribution in [0.2, 0.25) is 0 Å². The van der Waals surface area contributed by atoms with E-state index < -0.39 is 0 Å². The molecular formula is C29H30N2O5. The third kappa shape index (κ3) is 4.00. The first-order valence-electron chi connectivity index (χ1n) is 12.0. The maximum atomic E-state index is 14.0. The minimum absolute atomic E-state index is 0.113. The maximum absolute atomic E-state index is 14.0. The van der Waals surface area contributed by atoms with E-state index in [1.807, 2.05) is 42.2 Å². The average Bonchev–Trinajstić information content (AvgIpc) is 3.30. The summed E-state index contributed by atoms with van der Waals surface area (Å²) in [4.78, 5) is 19.6. The van der Waals surface area contributed by atoms with Crippen LogP contribution in [0.1, 0.15) is 40.1 Å². The molecule has 7 nitrogen and oxygen atoms in total. The second-order valence-electron chi connectivity index (χ2n) is 8.63. The van der Waals surface area contributed by atoms with Crippen molar-refractivity contribution in [3.63, 3.8) is 0 Å². The SMILES string of the molecule is CCOc1ccc([C@@H]2c3[nH]c4ccccc4c3CCN2C(=O)c2cc(OC)c(OC)c(OC)c2)cc1. The predicted molar refractivity (Wildman–Crippen MR) is 139 cm³/mol.